The second-order valence-corrected chi connectivity index (χ2v) is 5.96. The minimum absolute atomic E-state index is 0.0708. The highest BCUT2D eigenvalue weighted by molar-refractivity contribution is 5.58. The highest BCUT2D eigenvalue weighted by Gasteiger charge is 2.16. The Morgan fingerprint density at radius 1 is 1.14 bits per heavy atom. The molecule has 0 aliphatic heterocycles. The standard InChI is InChI=1S/C17H23NO3/c1-12(20)13-4-6-14(7-5-13)16-9-8-15(21-16)10-18-17(2,3)11-19/h4-9,12,18-20H,10-11H2,1-3H3. The first-order chi connectivity index (χ1) is 9.91. The Morgan fingerprint density at radius 3 is 2.38 bits per heavy atom. The minimum atomic E-state index is -0.462. The second-order valence-electron chi connectivity index (χ2n) is 5.96. The number of nitrogens with one attached hydrogen (secondary N) is 1. The number of furan rings is 1. The van der Waals surface area contributed by atoms with E-state index in [0.29, 0.717) is 6.54 Å². The molecule has 0 amide bonds. The molecule has 0 saturated carbocycles. The molecule has 0 aliphatic carbocycles. The SMILES string of the molecule is CC(O)c1ccc(-c2ccc(CNC(C)(C)CO)o2)cc1. The molecule has 1 heterocycles. The van der Waals surface area contributed by atoms with Crippen LogP contribution in [-0.4, -0.2) is 22.4 Å². The van der Waals surface area contributed by atoms with E-state index in [1.165, 1.54) is 0 Å². The smallest absolute Gasteiger partial charge is 0.134 e. The predicted octanol–water partition coefficient (Wildman–Crippen LogP) is 2.86. The lowest BCUT2D eigenvalue weighted by Crippen LogP contribution is -2.41. The van der Waals surface area contributed by atoms with E-state index in [1.54, 1.807) is 6.92 Å². The fraction of sp³-hybridized carbons (Fsp3) is 0.412. The average molecular weight is 289 g/mol. The molecular formula is C17H23NO3. The van der Waals surface area contributed by atoms with Crippen molar-refractivity contribution in [2.45, 2.75) is 39.0 Å². The Labute approximate surface area is 125 Å². The lowest BCUT2D eigenvalue weighted by molar-refractivity contribution is 0.184. The van der Waals surface area contributed by atoms with Gasteiger partial charge in [-0.3, -0.25) is 0 Å². The lowest BCUT2D eigenvalue weighted by atomic mass is 10.1. The Kier molecular flexibility index (Phi) is 4.83. The molecule has 1 atom stereocenters. The van der Waals surface area contributed by atoms with Gasteiger partial charge in [0.1, 0.15) is 11.5 Å². The maximum absolute atomic E-state index is 9.51. The first-order valence-electron chi connectivity index (χ1n) is 7.14. The van der Waals surface area contributed by atoms with Gasteiger partial charge >= 0.3 is 0 Å². The third kappa shape index (κ3) is 4.17. The average Bonchev–Trinajstić information content (AvgIpc) is 2.94. The van der Waals surface area contributed by atoms with Crippen LogP contribution in [-0.2, 0) is 6.54 Å². The zero-order chi connectivity index (χ0) is 15.5. The van der Waals surface area contributed by atoms with E-state index in [4.69, 9.17) is 4.42 Å². The molecule has 0 radical (unpaired) electrons. The van der Waals surface area contributed by atoms with E-state index in [0.717, 1.165) is 22.6 Å². The van der Waals surface area contributed by atoms with Crippen molar-refractivity contribution in [2.24, 2.45) is 0 Å². The summed E-state index contributed by atoms with van der Waals surface area (Å²) in [5.74, 6) is 1.62. The largest absolute Gasteiger partial charge is 0.460 e. The molecule has 1 aromatic heterocycles. The number of benzene rings is 1. The van der Waals surface area contributed by atoms with E-state index in [-0.39, 0.29) is 12.1 Å². The van der Waals surface area contributed by atoms with Gasteiger partial charge in [0.15, 0.2) is 0 Å². The van der Waals surface area contributed by atoms with Crippen LogP contribution in [0.25, 0.3) is 11.3 Å². The van der Waals surface area contributed by atoms with Crippen LogP contribution in [0.1, 0.15) is 38.2 Å². The Bertz CT molecular complexity index is 570. The van der Waals surface area contributed by atoms with Gasteiger partial charge in [0, 0.05) is 11.1 Å². The van der Waals surface area contributed by atoms with Crippen LogP contribution in [0.2, 0.25) is 0 Å². The molecule has 0 aliphatic rings. The molecule has 0 bridgehead atoms. The van der Waals surface area contributed by atoms with Crippen molar-refractivity contribution < 1.29 is 14.6 Å². The van der Waals surface area contributed by atoms with E-state index in [1.807, 2.05) is 50.2 Å². The quantitative estimate of drug-likeness (QED) is 0.765. The normalized spacial score (nSPS) is 13.4. The summed E-state index contributed by atoms with van der Waals surface area (Å²) in [5.41, 5.74) is 1.54. The number of aliphatic hydroxyl groups excluding tert-OH is 2. The predicted molar refractivity (Wildman–Crippen MR) is 82.8 cm³/mol. The van der Waals surface area contributed by atoms with Gasteiger partial charge in [-0.05, 0) is 38.5 Å². The molecule has 1 aromatic carbocycles. The highest BCUT2D eigenvalue weighted by Crippen LogP contribution is 2.24. The number of aliphatic hydroxyl groups is 2. The zero-order valence-corrected chi connectivity index (χ0v) is 12.8. The van der Waals surface area contributed by atoms with Crippen LogP contribution in [0, 0.1) is 0 Å². The van der Waals surface area contributed by atoms with E-state index >= 15 is 0 Å². The molecule has 4 nitrogen and oxygen atoms in total. The second kappa shape index (κ2) is 6.43. The summed E-state index contributed by atoms with van der Waals surface area (Å²) in [4.78, 5) is 0. The van der Waals surface area contributed by atoms with Crippen LogP contribution in [0.3, 0.4) is 0 Å². The van der Waals surface area contributed by atoms with Crippen LogP contribution in [0.5, 0.6) is 0 Å². The molecule has 114 valence electrons. The van der Waals surface area contributed by atoms with Gasteiger partial charge in [-0.15, -0.1) is 0 Å². The topological polar surface area (TPSA) is 65.6 Å². The molecule has 21 heavy (non-hydrogen) atoms. The third-order valence-electron chi connectivity index (χ3n) is 3.48. The van der Waals surface area contributed by atoms with E-state index in [2.05, 4.69) is 5.32 Å². The molecule has 2 aromatic rings. The molecular weight excluding hydrogens is 266 g/mol. The summed E-state index contributed by atoms with van der Waals surface area (Å²) in [6, 6.07) is 11.5. The summed E-state index contributed by atoms with van der Waals surface area (Å²) in [6.07, 6.45) is -0.462. The number of hydrogen-bond acceptors (Lipinski definition) is 4. The maximum Gasteiger partial charge on any atom is 0.134 e. The van der Waals surface area contributed by atoms with Crippen molar-refractivity contribution in [3.8, 4) is 11.3 Å². The van der Waals surface area contributed by atoms with Gasteiger partial charge < -0.3 is 19.9 Å². The summed E-state index contributed by atoms with van der Waals surface area (Å²) < 4.78 is 5.80. The van der Waals surface area contributed by atoms with Crippen molar-refractivity contribution in [2.75, 3.05) is 6.61 Å². The molecule has 0 spiro atoms. The Morgan fingerprint density at radius 2 is 1.81 bits per heavy atom. The molecule has 0 fully saturated rings. The minimum Gasteiger partial charge on any atom is -0.460 e. The van der Waals surface area contributed by atoms with Crippen LogP contribution < -0.4 is 5.32 Å². The van der Waals surface area contributed by atoms with Crippen molar-refractivity contribution in [3.05, 3.63) is 47.7 Å². The van der Waals surface area contributed by atoms with Gasteiger partial charge in [-0.1, -0.05) is 24.3 Å². The van der Waals surface area contributed by atoms with Crippen molar-refractivity contribution >= 4 is 0 Å². The van der Waals surface area contributed by atoms with Crippen molar-refractivity contribution in [1.29, 1.82) is 0 Å². The summed E-state index contributed by atoms with van der Waals surface area (Å²) in [5, 5.41) is 22.0. The third-order valence-corrected chi connectivity index (χ3v) is 3.48. The summed E-state index contributed by atoms with van der Waals surface area (Å²) in [6.45, 7) is 6.26. The lowest BCUT2D eigenvalue weighted by Gasteiger charge is -2.22. The van der Waals surface area contributed by atoms with Crippen LogP contribution in [0.15, 0.2) is 40.8 Å². The monoisotopic (exact) mass is 289 g/mol. The summed E-state index contributed by atoms with van der Waals surface area (Å²) >= 11 is 0. The first kappa shape index (κ1) is 15.8. The first-order valence-corrected chi connectivity index (χ1v) is 7.14. The van der Waals surface area contributed by atoms with Crippen molar-refractivity contribution in [3.63, 3.8) is 0 Å². The van der Waals surface area contributed by atoms with Gasteiger partial charge in [-0.2, -0.15) is 0 Å². The van der Waals surface area contributed by atoms with Gasteiger partial charge in [0.25, 0.3) is 0 Å². The fourth-order valence-corrected chi connectivity index (χ4v) is 1.94. The van der Waals surface area contributed by atoms with Gasteiger partial charge in [0.05, 0.1) is 19.3 Å². The zero-order valence-electron chi connectivity index (χ0n) is 12.8. The van der Waals surface area contributed by atoms with Crippen LogP contribution in [0.4, 0.5) is 0 Å². The number of rotatable bonds is 6. The van der Waals surface area contributed by atoms with Crippen molar-refractivity contribution in [1.82, 2.24) is 5.32 Å². The van der Waals surface area contributed by atoms with Gasteiger partial charge in [-0.25, -0.2) is 0 Å². The number of hydrogen-bond donors (Lipinski definition) is 3. The molecule has 2 rings (SSSR count). The molecule has 4 heteroatoms. The molecule has 3 N–H and O–H groups in total. The molecule has 0 saturated heterocycles. The fourth-order valence-electron chi connectivity index (χ4n) is 1.94. The van der Waals surface area contributed by atoms with E-state index in [9.17, 15) is 10.2 Å². The van der Waals surface area contributed by atoms with Crippen LogP contribution >= 0.6 is 0 Å². The Hall–Kier alpha value is -1.62. The highest BCUT2D eigenvalue weighted by atomic mass is 16.3. The maximum atomic E-state index is 9.51. The van der Waals surface area contributed by atoms with Gasteiger partial charge in [0.2, 0.25) is 0 Å². The van der Waals surface area contributed by atoms with E-state index < -0.39 is 6.10 Å². The molecule has 1 unspecified atom stereocenters. The Balaban J connectivity index is 2.05. The summed E-state index contributed by atoms with van der Waals surface area (Å²) in [7, 11) is 0.